The zero-order valence-electron chi connectivity index (χ0n) is 20.6. The van der Waals surface area contributed by atoms with Gasteiger partial charge in [-0.05, 0) is 31.0 Å². The number of hydrogen-bond donors (Lipinski definition) is 2. The smallest absolute Gasteiger partial charge is 0.340 e. The van der Waals surface area contributed by atoms with Crippen LogP contribution in [0.5, 0.6) is 5.88 Å². The van der Waals surface area contributed by atoms with E-state index < -0.39 is 30.9 Å². The Hall–Kier alpha value is -3.48. The number of rotatable bonds is 12. The van der Waals surface area contributed by atoms with Gasteiger partial charge in [0.1, 0.15) is 5.02 Å². The number of halogens is 5. The molecule has 0 saturated carbocycles. The Morgan fingerprint density at radius 3 is 2.61 bits per heavy atom. The second kappa shape index (κ2) is 12.4. The summed E-state index contributed by atoms with van der Waals surface area (Å²) in [7, 11) is 0. The molecular formula is C24H26ClF4N5O4. The van der Waals surface area contributed by atoms with Crippen molar-refractivity contribution < 1.29 is 36.7 Å². The molecule has 3 heterocycles. The lowest BCUT2D eigenvalue weighted by atomic mass is 10.1. The fraction of sp³-hybridized carbons (Fsp3) is 0.458. The van der Waals surface area contributed by atoms with Gasteiger partial charge in [-0.15, -0.1) is 0 Å². The molecule has 2 N–H and O–H groups in total. The average Bonchev–Trinajstić information content (AvgIpc) is 3.19. The first-order valence-electron chi connectivity index (χ1n) is 11.6. The minimum absolute atomic E-state index is 0.0402. The van der Waals surface area contributed by atoms with Crippen molar-refractivity contribution in [3.8, 4) is 5.88 Å². The van der Waals surface area contributed by atoms with Crippen molar-refractivity contribution in [3.63, 3.8) is 0 Å². The number of alkyl halides is 4. The Bertz CT molecular complexity index is 1200. The fourth-order valence-electron chi connectivity index (χ4n) is 3.75. The average molecular weight is 560 g/mol. The Morgan fingerprint density at radius 2 is 1.95 bits per heavy atom. The molecule has 206 valence electrons. The summed E-state index contributed by atoms with van der Waals surface area (Å²) in [5, 5.41) is 5.21. The van der Waals surface area contributed by atoms with E-state index in [1.54, 1.807) is 13.0 Å². The van der Waals surface area contributed by atoms with E-state index in [9.17, 15) is 31.9 Å². The number of hydrogen-bond acceptors (Lipinski definition) is 6. The van der Waals surface area contributed by atoms with Crippen molar-refractivity contribution in [2.24, 2.45) is 0 Å². The molecule has 0 fully saturated rings. The lowest BCUT2D eigenvalue weighted by Crippen LogP contribution is -2.34. The normalized spacial score (nSPS) is 13.9. The van der Waals surface area contributed by atoms with Crippen LogP contribution < -0.4 is 15.4 Å². The van der Waals surface area contributed by atoms with Crippen LogP contribution in [0, 0.1) is 0 Å². The van der Waals surface area contributed by atoms with Crippen molar-refractivity contribution in [2.45, 2.75) is 51.6 Å². The van der Waals surface area contributed by atoms with Gasteiger partial charge in [0.2, 0.25) is 17.7 Å². The summed E-state index contributed by atoms with van der Waals surface area (Å²) in [4.78, 5) is 46.0. The summed E-state index contributed by atoms with van der Waals surface area (Å²) < 4.78 is 55.7. The van der Waals surface area contributed by atoms with Crippen LogP contribution in [0.25, 0.3) is 0 Å². The lowest BCUT2D eigenvalue weighted by Gasteiger charge is -2.25. The van der Waals surface area contributed by atoms with Crippen LogP contribution in [0.4, 0.5) is 17.6 Å². The van der Waals surface area contributed by atoms with Gasteiger partial charge in [0.15, 0.2) is 6.61 Å². The van der Waals surface area contributed by atoms with Crippen molar-refractivity contribution in [1.82, 2.24) is 25.5 Å². The number of fused-ring (bicyclic) bond motifs is 1. The van der Waals surface area contributed by atoms with Gasteiger partial charge in [0, 0.05) is 50.1 Å². The Morgan fingerprint density at radius 1 is 1.24 bits per heavy atom. The van der Waals surface area contributed by atoms with Gasteiger partial charge in [0.25, 0.3) is 5.91 Å². The Balaban J connectivity index is 1.65. The second-order valence-electron chi connectivity index (χ2n) is 8.66. The number of ether oxygens (including phenoxy) is 1. The first kappa shape index (κ1) is 29.1. The quantitative estimate of drug-likeness (QED) is 0.305. The highest BCUT2D eigenvalue weighted by Crippen LogP contribution is 2.35. The number of carbonyl (C=O) groups excluding carboxylic acids is 3. The largest absolute Gasteiger partial charge is 0.470 e. The molecule has 1 atom stereocenters. The summed E-state index contributed by atoms with van der Waals surface area (Å²) in [5.74, 6) is -5.54. The molecular weight excluding hydrogens is 534 g/mol. The van der Waals surface area contributed by atoms with Gasteiger partial charge >= 0.3 is 12.3 Å². The number of nitrogens with one attached hydrogen (secondary N) is 2. The topological polar surface area (TPSA) is 114 Å². The summed E-state index contributed by atoms with van der Waals surface area (Å²) in [6.45, 7) is 2.48. The fourth-order valence-corrected chi connectivity index (χ4v) is 3.98. The molecule has 2 aromatic rings. The standard InChI is InChI=1S/C24H26ClF4N5O4/c1-13(15-8-18(25)21(33-10-15)38-12-24(28,29)23(26)27)34-11-17-16(22(34)37)4-7-31-19(17)9-20(36)32-6-3-5-30-14(2)35/h4,7-8,10,13,23H,3,5-6,9,11-12H2,1-2H3,(H,30,35)(H,32,36). The monoisotopic (exact) mass is 559 g/mol. The van der Waals surface area contributed by atoms with Crippen molar-refractivity contribution in [2.75, 3.05) is 19.7 Å². The molecule has 0 radical (unpaired) electrons. The van der Waals surface area contributed by atoms with E-state index in [0.717, 1.165) is 0 Å². The summed E-state index contributed by atoms with van der Waals surface area (Å²) in [6, 6.07) is 2.36. The number of aromatic nitrogens is 2. The van der Waals surface area contributed by atoms with Gasteiger partial charge in [-0.25, -0.2) is 13.8 Å². The SMILES string of the molecule is CC(=O)NCCCNC(=O)Cc1nccc2c1CN(C(C)c1cnc(OCC(F)(F)C(F)F)c(Cl)c1)C2=O. The second-order valence-corrected chi connectivity index (χ2v) is 9.07. The van der Waals surface area contributed by atoms with Crippen molar-refractivity contribution in [1.29, 1.82) is 0 Å². The molecule has 0 bridgehead atoms. The Kier molecular flexibility index (Phi) is 9.47. The van der Waals surface area contributed by atoms with E-state index in [1.807, 2.05) is 0 Å². The zero-order chi connectivity index (χ0) is 28.0. The highest BCUT2D eigenvalue weighted by atomic mass is 35.5. The first-order valence-corrected chi connectivity index (χ1v) is 12.0. The van der Waals surface area contributed by atoms with Gasteiger partial charge in [-0.1, -0.05) is 11.6 Å². The molecule has 3 rings (SSSR count). The summed E-state index contributed by atoms with van der Waals surface area (Å²) in [5.41, 5.74) is 1.90. The third-order valence-electron chi connectivity index (χ3n) is 5.84. The highest BCUT2D eigenvalue weighted by Gasteiger charge is 2.42. The van der Waals surface area contributed by atoms with E-state index in [4.69, 9.17) is 11.6 Å². The van der Waals surface area contributed by atoms with Crippen LogP contribution in [0.15, 0.2) is 24.5 Å². The maximum absolute atomic E-state index is 13.1. The maximum atomic E-state index is 13.1. The minimum atomic E-state index is -4.36. The van der Waals surface area contributed by atoms with Gasteiger partial charge in [0.05, 0.1) is 18.2 Å². The van der Waals surface area contributed by atoms with Crippen LogP contribution in [0.3, 0.4) is 0 Å². The Labute approximate surface area is 220 Å². The van der Waals surface area contributed by atoms with Gasteiger partial charge < -0.3 is 20.3 Å². The predicted octanol–water partition coefficient (Wildman–Crippen LogP) is 3.31. The van der Waals surface area contributed by atoms with Gasteiger partial charge in [-0.3, -0.25) is 19.4 Å². The van der Waals surface area contributed by atoms with Crippen LogP contribution in [0.2, 0.25) is 5.02 Å². The first-order chi connectivity index (χ1) is 17.9. The van der Waals surface area contributed by atoms with Crippen LogP contribution in [-0.4, -0.2) is 64.6 Å². The van der Waals surface area contributed by atoms with Crippen LogP contribution >= 0.6 is 11.6 Å². The molecule has 0 aromatic carbocycles. The van der Waals surface area contributed by atoms with E-state index in [1.165, 1.54) is 30.3 Å². The summed E-state index contributed by atoms with van der Waals surface area (Å²) >= 11 is 6.08. The van der Waals surface area contributed by atoms with Crippen molar-refractivity contribution >= 4 is 29.3 Å². The third kappa shape index (κ3) is 7.09. The molecule has 1 aliphatic heterocycles. The molecule has 1 unspecified atom stereocenters. The molecule has 0 aliphatic carbocycles. The zero-order valence-corrected chi connectivity index (χ0v) is 21.3. The molecule has 38 heavy (non-hydrogen) atoms. The number of nitrogens with zero attached hydrogens (tertiary/aromatic N) is 3. The number of amides is 3. The highest BCUT2D eigenvalue weighted by molar-refractivity contribution is 6.31. The molecule has 9 nitrogen and oxygen atoms in total. The molecule has 2 aromatic heterocycles. The molecule has 0 saturated heterocycles. The van der Waals surface area contributed by atoms with Gasteiger partial charge in [-0.2, -0.15) is 8.78 Å². The van der Waals surface area contributed by atoms with E-state index in [-0.39, 0.29) is 35.7 Å². The summed E-state index contributed by atoms with van der Waals surface area (Å²) in [6.07, 6.45) is -0.671. The number of carbonyl (C=O) groups is 3. The molecule has 1 aliphatic rings. The van der Waals surface area contributed by atoms with E-state index in [2.05, 4.69) is 25.3 Å². The molecule has 3 amide bonds. The maximum Gasteiger partial charge on any atom is 0.340 e. The lowest BCUT2D eigenvalue weighted by molar-refractivity contribution is -0.148. The van der Waals surface area contributed by atoms with Crippen molar-refractivity contribution in [3.05, 3.63) is 51.9 Å². The minimum Gasteiger partial charge on any atom is -0.470 e. The van der Waals surface area contributed by atoms with Crippen LogP contribution in [-0.2, 0) is 22.6 Å². The predicted molar refractivity (Wildman–Crippen MR) is 128 cm³/mol. The van der Waals surface area contributed by atoms with Crippen LogP contribution in [0.1, 0.15) is 53.5 Å². The third-order valence-corrected chi connectivity index (χ3v) is 6.11. The number of pyridine rings is 2. The molecule has 0 spiro atoms. The van der Waals surface area contributed by atoms with E-state index in [0.29, 0.717) is 41.9 Å². The molecule has 14 heteroatoms. The van der Waals surface area contributed by atoms with E-state index >= 15 is 0 Å².